The maximum Gasteiger partial charge on any atom is 0.490 e. The van der Waals surface area contributed by atoms with E-state index >= 15 is 0 Å². The van der Waals surface area contributed by atoms with Gasteiger partial charge in [-0.25, -0.2) is 13.6 Å². The zero-order valence-electron chi connectivity index (χ0n) is 25.0. The molecule has 4 aromatic rings. The number of morpholine rings is 1. The molecule has 3 N–H and O–H groups in total. The average Bonchev–Trinajstić information content (AvgIpc) is 3.58. The zero-order valence-corrected chi connectivity index (χ0v) is 25.0. The van der Waals surface area contributed by atoms with Crippen molar-refractivity contribution in [1.82, 2.24) is 15.1 Å². The normalized spacial score (nSPS) is 20.6. The number of nitrogens with one attached hydrogen (secondary N) is 2. The number of hydrogen-bond acceptors (Lipinski definition) is 6. The number of amides is 1. The van der Waals surface area contributed by atoms with Crippen LogP contribution in [0.1, 0.15) is 40.3 Å². The van der Waals surface area contributed by atoms with Gasteiger partial charge in [-0.2, -0.15) is 18.3 Å². The fourth-order valence-electron chi connectivity index (χ4n) is 6.13. The highest BCUT2D eigenvalue weighted by atomic mass is 19.4. The number of methoxy groups -OCH3 is 1. The van der Waals surface area contributed by atoms with Gasteiger partial charge in [-0.1, -0.05) is 18.2 Å². The molecule has 1 amide bonds. The summed E-state index contributed by atoms with van der Waals surface area (Å²) in [7, 11) is 1.62. The topological polar surface area (TPSA) is 117 Å². The van der Waals surface area contributed by atoms with Gasteiger partial charge in [0.05, 0.1) is 36.9 Å². The second kappa shape index (κ2) is 12.4. The van der Waals surface area contributed by atoms with Crippen LogP contribution in [0.15, 0.2) is 48.5 Å². The molecule has 47 heavy (non-hydrogen) atoms. The van der Waals surface area contributed by atoms with E-state index in [1.54, 1.807) is 19.3 Å². The summed E-state index contributed by atoms with van der Waals surface area (Å²) in [6.45, 7) is 2.68. The van der Waals surface area contributed by atoms with Crippen molar-refractivity contribution in [2.75, 3.05) is 38.7 Å². The number of ether oxygens (including phenoxy) is 2. The Kier molecular flexibility index (Phi) is 8.49. The number of carbonyl (C=O) groups is 2. The lowest BCUT2D eigenvalue weighted by Gasteiger charge is -2.26. The van der Waals surface area contributed by atoms with E-state index in [4.69, 9.17) is 19.4 Å². The summed E-state index contributed by atoms with van der Waals surface area (Å²) in [6.07, 6.45) is -0.943. The maximum atomic E-state index is 14.8. The maximum absolute atomic E-state index is 14.8. The number of benzene rings is 3. The highest BCUT2D eigenvalue weighted by Gasteiger charge is 2.65. The molecule has 14 heteroatoms. The predicted molar refractivity (Wildman–Crippen MR) is 162 cm³/mol. The number of fused-ring (bicyclic) bond motifs is 3. The molecule has 1 saturated carbocycles. The number of aliphatic carboxylic acids is 1. The number of carboxylic acid groups (broad SMARTS) is 1. The first-order chi connectivity index (χ1) is 22.4. The number of anilines is 1. The molecule has 3 heterocycles. The fraction of sp³-hybridized carbons (Fsp3) is 0.303. The number of hydrogen-bond donors (Lipinski definition) is 3. The van der Waals surface area contributed by atoms with Crippen LogP contribution in [0.5, 0.6) is 5.75 Å². The highest BCUT2D eigenvalue weighted by Crippen LogP contribution is 2.65. The van der Waals surface area contributed by atoms with E-state index in [0.29, 0.717) is 37.6 Å². The quantitative estimate of drug-likeness (QED) is 0.223. The van der Waals surface area contributed by atoms with Gasteiger partial charge in [0.15, 0.2) is 0 Å². The van der Waals surface area contributed by atoms with Crippen LogP contribution >= 0.6 is 0 Å². The monoisotopic (exact) mass is 656 g/mol. The number of carbonyl (C=O) groups excluding carboxylic acids is 1. The van der Waals surface area contributed by atoms with Crippen LogP contribution in [0.4, 0.5) is 27.6 Å². The predicted octanol–water partition coefficient (Wildman–Crippen LogP) is 5.86. The molecule has 0 radical (unpaired) electrons. The Labute approximate surface area is 265 Å². The minimum atomic E-state index is -5.08. The Hall–Kier alpha value is -4.82. The lowest BCUT2D eigenvalue weighted by molar-refractivity contribution is -0.192. The van der Waals surface area contributed by atoms with Crippen molar-refractivity contribution in [2.45, 2.75) is 30.5 Å². The number of H-pyrrole nitrogens is 1. The molecular weight excluding hydrogens is 627 g/mol. The summed E-state index contributed by atoms with van der Waals surface area (Å²) >= 11 is 0. The van der Waals surface area contributed by atoms with Gasteiger partial charge in [0.25, 0.3) is 0 Å². The first kappa shape index (κ1) is 32.1. The van der Waals surface area contributed by atoms with Gasteiger partial charge in [0.1, 0.15) is 17.4 Å². The van der Waals surface area contributed by atoms with Crippen molar-refractivity contribution >= 4 is 40.6 Å². The third-order valence-electron chi connectivity index (χ3n) is 8.67. The Morgan fingerprint density at radius 3 is 2.47 bits per heavy atom. The van der Waals surface area contributed by atoms with Gasteiger partial charge >= 0.3 is 12.1 Å². The van der Waals surface area contributed by atoms with E-state index in [9.17, 15) is 26.7 Å². The Morgan fingerprint density at radius 1 is 1.11 bits per heavy atom. The summed E-state index contributed by atoms with van der Waals surface area (Å²) in [6, 6.07) is 14.4. The smallest absolute Gasteiger partial charge is 0.490 e. The molecule has 3 aliphatic rings. The van der Waals surface area contributed by atoms with Crippen LogP contribution in [0, 0.1) is 11.6 Å². The van der Waals surface area contributed by atoms with E-state index in [1.165, 1.54) is 12.1 Å². The van der Waals surface area contributed by atoms with Gasteiger partial charge in [-0.05, 0) is 65.6 Å². The van der Waals surface area contributed by atoms with Crippen molar-refractivity contribution in [3.8, 4) is 5.75 Å². The lowest BCUT2D eigenvalue weighted by atomic mass is 9.91. The molecule has 246 valence electrons. The Bertz CT molecular complexity index is 1860. The van der Waals surface area contributed by atoms with Gasteiger partial charge in [0, 0.05) is 42.2 Å². The largest absolute Gasteiger partial charge is 0.497 e. The van der Waals surface area contributed by atoms with E-state index in [1.807, 2.05) is 41.3 Å². The van der Waals surface area contributed by atoms with Crippen molar-refractivity contribution in [1.29, 1.82) is 0 Å². The van der Waals surface area contributed by atoms with E-state index in [2.05, 4.69) is 15.5 Å². The molecule has 0 bridgehead atoms. The van der Waals surface area contributed by atoms with Crippen molar-refractivity contribution < 1.29 is 46.1 Å². The second-order valence-electron chi connectivity index (χ2n) is 11.5. The molecular formula is C33H29F5N4O5. The van der Waals surface area contributed by atoms with Crippen LogP contribution < -0.4 is 10.1 Å². The molecule has 9 nitrogen and oxygen atoms in total. The lowest BCUT2D eigenvalue weighted by Crippen LogP contribution is -2.36. The number of aromatic amines is 1. The highest BCUT2D eigenvalue weighted by molar-refractivity contribution is 6.10. The fourth-order valence-corrected chi connectivity index (χ4v) is 6.13. The van der Waals surface area contributed by atoms with E-state index in [0.717, 1.165) is 39.9 Å². The molecule has 1 aromatic heterocycles. The van der Waals surface area contributed by atoms with Crippen LogP contribution in [-0.4, -0.2) is 71.7 Å². The Balaban J connectivity index is 0.000000499. The summed E-state index contributed by atoms with van der Waals surface area (Å²) < 4.78 is 72.1. The molecule has 1 spiro atoms. The van der Waals surface area contributed by atoms with Crippen molar-refractivity contribution in [3.63, 3.8) is 0 Å². The van der Waals surface area contributed by atoms with Crippen molar-refractivity contribution in [2.24, 2.45) is 0 Å². The van der Waals surface area contributed by atoms with Gasteiger partial charge < -0.3 is 19.9 Å². The molecule has 2 aliphatic heterocycles. The minimum absolute atomic E-state index is 0.0181. The van der Waals surface area contributed by atoms with Crippen LogP contribution in [-0.2, 0) is 26.3 Å². The molecule has 2 fully saturated rings. The molecule has 0 unspecified atom stereocenters. The van der Waals surface area contributed by atoms with E-state index in [-0.39, 0.29) is 23.9 Å². The summed E-state index contributed by atoms with van der Waals surface area (Å²) in [5.41, 5.74) is 4.29. The molecule has 1 saturated heterocycles. The number of aromatic nitrogens is 2. The first-order valence-electron chi connectivity index (χ1n) is 14.6. The first-order valence-corrected chi connectivity index (χ1v) is 14.6. The number of alkyl halides is 3. The SMILES string of the molecule is COc1ccc2c(c1)[C@]1(C[C@H]1c1ccc3c(/C=C/c4cc(F)c(CN5CCOCC5)c(F)c4)n[nH]c3c1)C(=O)N2.O=C(O)C(F)(F)F. The summed E-state index contributed by atoms with van der Waals surface area (Å²) in [5.74, 6) is -3.08. The summed E-state index contributed by atoms with van der Waals surface area (Å²) in [4.78, 5) is 23.9. The summed E-state index contributed by atoms with van der Waals surface area (Å²) in [5, 5.41) is 18.5. The van der Waals surface area contributed by atoms with E-state index < -0.39 is 29.2 Å². The Morgan fingerprint density at radius 2 is 1.81 bits per heavy atom. The number of nitrogens with zero attached hydrogens (tertiary/aromatic N) is 2. The number of carboxylic acids is 1. The van der Waals surface area contributed by atoms with Gasteiger partial charge in [-0.15, -0.1) is 0 Å². The number of halogens is 5. The van der Waals surface area contributed by atoms with Crippen LogP contribution in [0.25, 0.3) is 23.1 Å². The zero-order chi connectivity index (χ0) is 33.5. The van der Waals surface area contributed by atoms with Crippen LogP contribution in [0.2, 0.25) is 0 Å². The van der Waals surface area contributed by atoms with Gasteiger partial charge in [-0.3, -0.25) is 14.8 Å². The number of rotatable bonds is 6. The molecule has 7 rings (SSSR count). The van der Waals surface area contributed by atoms with Crippen molar-refractivity contribution in [3.05, 3.63) is 88.1 Å². The standard InChI is InChI=1S/C31H28F2N4O3.C2HF3O2/c1-39-20-4-7-28-23(15-20)31(30(38)34-28)16-24(31)19-3-5-21-27(35-36-29(21)14-19)6-2-18-12-25(32)22(26(33)13-18)17-37-8-10-40-11-9-37;3-2(4,5)1(6)7/h2-7,12-15,24H,8-11,16-17H2,1H3,(H,34,38)(H,35,36);(H,6,7)/b6-2+;/t24-,31-;/m0./s1. The average molecular weight is 657 g/mol. The molecule has 1 aliphatic carbocycles. The second-order valence-corrected chi connectivity index (χ2v) is 11.5. The third kappa shape index (κ3) is 6.30. The van der Waals surface area contributed by atoms with Gasteiger partial charge in [0.2, 0.25) is 5.91 Å². The minimum Gasteiger partial charge on any atom is -0.497 e. The van der Waals surface area contributed by atoms with Crippen LogP contribution in [0.3, 0.4) is 0 Å². The molecule has 2 atom stereocenters. The molecule has 3 aromatic carbocycles. The third-order valence-corrected chi connectivity index (χ3v) is 8.67.